The normalized spacial score (nSPS) is 25.1. The first-order valence-corrected chi connectivity index (χ1v) is 6.61. The molecule has 18 heavy (non-hydrogen) atoms. The van der Waals surface area contributed by atoms with Gasteiger partial charge in [-0.25, -0.2) is 4.98 Å². The van der Waals surface area contributed by atoms with Crippen molar-refractivity contribution in [1.29, 1.82) is 0 Å². The van der Waals surface area contributed by atoms with E-state index < -0.39 is 0 Å². The van der Waals surface area contributed by atoms with Crippen LogP contribution in [0.4, 0.5) is 11.5 Å². The highest BCUT2D eigenvalue weighted by atomic mass is 35.5. The lowest BCUT2D eigenvalue weighted by atomic mass is 9.99. The zero-order valence-corrected chi connectivity index (χ0v) is 11.8. The predicted molar refractivity (Wildman–Crippen MR) is 74.9 cm³/mol. The number of nitrogens with zero attached hydrogens (tertiary/aromatic N) is 3. The monoisotopic (exact) mass is 269 g/mol. The van der Waals surface area contributed by atoms with Crippen LogP contribution in [0.5, 0.6) is 0 Å². The first-order chi connectivity index (χ1) is 8.47. The van der Waals surface area contributed by atoms with Gasteiger partial charge < -0.3 is 16.0 Å². The number of piperidine rings is 1. The number of aromatic nitrogens is 2. The second-order valence-corrected chi connectivity index (χ2v) is 5.37. The Hall–Kier alpha value is -1.07. The van der Waals surface area contributed by atoms with E-state index in [1.54, 1.807) is 0 Å². The minimum absolute atomic E-state index is 0.241. The van der Waals surface area contributed by atoms with E-state index in [4.69, 9.17) is 17.3 Å². The maximum atomic E-state index is 5.97. The molecule has 1 aromatic rings. The molecule has 0 amide bonds. The Morgan fingerprint density at radius 1 is 1.44 bits per heavy atom. The molecule has 2 rings (SSSR count). The molecule has 2 unspecified atom stereocenters. The highest BCUT2D eigenvalue weighted by Gasteiger charge is 2.23. The summed E-state index contributed by atoms with van der Waals surface area (Å²) in [4.78, 5) is 10.6. The quantitative estimate of drug-likeness (QED) is 0.803. The van der Waals surface area contributed by atoms with Crippen LogP contribution < -0.4 is 11.1 Å². The molecule has 3 N–H and O–H groups in total. The summed E-state index contributed by atoms with van der Waals surface area (Å²) in [5.41, 5.74) is 7.28. The molecule has 1 fully saturated rings. The van der Waals surface area contributed by atoms with Crippen molar-refractivity contribution in [2.24, 2.45) is 0 Å². The molecule has 2 atom stereocenters. The third-order valence-electron chi connectivity index (χ3n) is 3.66. The second kappa shape index (κ2) is 5.28. The lowest BCUT2D eigenvalue weighted by molar-refractivity contribution is 0.190. The van der Waals surface area contributed by atoms with Crippen LogP contribution in [0, 0.1) is 6.92 Å². The summed E-state index contributed by atoms with van der Waals surface area (Å²) in [5.74, 6) is 0.661. The number of anilines is 2. The van der Waals surface area contributed by atoms with E-state index in [0.29, 0.717) is 23.6 Å². The van der Waals surface area contributed by atoms with Crippen LogP contribution in [-0.4, -0.2) is 40.5 Å². The summed E-state index contributed by atoms with van der Waals surface area (Å²) in [6.45, 7) is 5.15. The van der Waals surface area contributed by atoms with Gasteiger partial charge in [-0.2, -0.15) is 4.98 Å². The Balaban J connectivity index is 2.10. The molecule has 0 saturated carbocycles. The zero-order chi connectivity index (χ0) is 13.3. The van der Waals surface area contributed by atoms with Gasteiger partial charge in [0.1, 0.15) is 0 Å². The van der Waals surface area contributed by atoms with Gasteiger partial charge in [0, 0.05) is 18.6 Å². The fourth-order valence-corrected chi connectivity index (χ4v) is 2.48. The molecule has 0 spiro atoms. The minimum atomic E-state index is 0.241. The molecule has 1 aliphatic heterocycles. The van der Waals surface area contributed by atoms with Gasteiger partial charge in [0.05, 0.1) is 11.4 Å². The zero-order valence-electron chi connectivity index (χ0n) is 11.1. The van der Waals surface area contributed by atoms with Crippen LogP contribution in [-0.2, 0) is 0 Å². The van der Waals surface area contributed by atoms with Crippen LogP contribution in [0.3, 0.4) is 0 Å². The Kier molecular flexibility index (Phi) is 3.92. The highest BCUT2D eigenvalue weighted by molar-refractivity contribution is 6.28. The van der Waals surface area contributed by atoms with Crippen molar-refractivity contribution in [2.75, 3.05) is 24.6 Å². The molecule has 0 aliphatic carbocycles. The number of hydrogen-bond acceptors (Lipinski definition) is 5. The molecule has 0 aromatic carbocycles. The van der Waals surface area contributed by atoms with Gasteiger partial charge in [0.25, 0.3) is 0 Å². The lowest BCUT2D eigenvalue weighted by Crippen LogP contribution is -2.42. The molecule has 6 heteroatoms. The Labute approximate surface area is 113 Å². The molecular weight excluding hydrogens is 250 g/mol. The molecule has 0 radical (unpaired) electrons. The third-order valence-corrected chi connectivity index (χ3v) is 3.83. The molecule has 1 aliphatic rings. The topological polar surface area (TPSA) is 67.1 Å². The molecule has 100 valence electrons. The van der Waals surface area contributed by atoms with Crippen molar-refractivity contribution < 1.29 is 0 Å². The van der Waals surface area contributed by atoms with Gasteiger partial charge in [0.2, 0.25) is 5.28 Å². The maximum Gasteiger partial charge on any atom is 0.224 e. The van der Waals surface area contributed by atoms with E-state index in [2.05, 4.69) is 34.2 Å². The van der Waals surface area contributed by atoms with Crippen molar-refractivity contribution in [1.82, 2.24) is 14.9 Å². The van der Waals surface area contributed by atoms with Gasteiger partial charge in [-0.15, -0.1) is 0 Å². The Bertz CT molecular complexity index is 437. The number of nitrogen functional groups attached to an aromatic ring is 1. The van der Waals surface area contributed by atoms with Crippen molar-refractivity contribution in [3.63, 3.8) is 0 Å². The fraction of sp³-hybridized carbons (Fsp3) is 0.667. The van der Waals surface area contributed by atoms with Gasteiger partial charge in [-0.1, -0.05) is 0 Å². The van der Waals surface area contributed by atoms with Gasteiger partial charge >= 0.3 is 0 Å². The number of rotatable bonds is 2. The smallest absolute Gasteiger partial charge is 0.224 e. The fourth-order valence-electron chi connectivity index (χ4n) is 2.27. The number of likely N-dealkylation sites (tertiary alicyclic amines) is 1. The van der Waals surface area contributed by atoms with Crippen molar-refractivity contribution in [3.05, 3.63) is 11.0 Å². The summed E-state index contributed by atoms with van der Waals surface area (Å²) in [5, 5.41) is 3.64. The first kappa shape index (κ1) is 13.4. The van der Waals surface area contributed by atoms with E-state index >= 15 is 0 Å². The van der Waals surface area contributed by atoms with Crippen LogP contribution in [0.1, 0.15) is 25.5 Å². The van der Waals surface area contributed by atoms with E-state index in [9.17, 15) is 0 Å². The number of hydrogen-bond donors (Lipinski definition) is 2. The van der Waals surface area contributed by atoms with E-state index in [1.807, 2.05) is 6.92 Å². The summed E-state index contributed by atoms with van der Waals surface area (Å²) in [7, 11) is 2.15. The molecular formula is C12H20ClN5. The number of nitrogens with one attached hydrogen (secondary N) is 1. The predicted octanol–water partition coefficient (Wildman–Crippen LogP) is 1.92. The van der Waals surface area contributed by atoms with Crippen LogP contribution in [0.25, 0.3) is 0 Å². The first-order valence-electron chi connectivity index (χ1n) is 6.23. The molecule has 0 bridgehead atoms. The van der Waals surface area contributed by atoms with Crippen LogP contribution in [0.2, 0.25) is 5.28 Å². The van der Waals surface area contributed by atoms with Crippen LogP contribution >= 0.6 is 11.6 Å². The lowest BCUT2D eigenvalue weighted by Gasteiger charge is -2.35. The van der Waals surface area contributed by atoms with Crippen LogP contribution in [0.15, 0.2) is 0 Å². The maximum absolute atomic E-state index is 5.97. The number of nitrogens with two attached hydrogens (primary N) is 1. The third kappa shape index (κ3) is 2.84. The summed E-state index contributed by atoms with van der Waals surface area (Å²) in [6, 6.07) is 0.958. The van der Waals surface area contributed by atoms with E-state index in [1.165, 1.54) is 0 Å². The molecule has 5 nitrogen and oxygen atoms in total. The SMILES string of the molecule is Cc1nc(Cl)nc(NC2CCN(C)C(C)C2)c1N. The van der Waals surface area contributed by atoms with Gasteiger partial charge in [-0.3, -0.25) is 0 Å². The largest absolute Gasteiger partial charge is 0.394 e. The highest BCUT2D eigenvalue weighted by Crippen LogP contribution is 2.24. The molecule has 2 heterocycles. The summed E-state index contributed by atoms with van der Waals surface area (Å²) < 4.78 is 0. The Morgan fingerprint density at radius 2 is 2.17 bits per heavy atom. The Morgan fingerprint density at radius 3 is 2.83 bits per heavy atom. The summed E-state index contributed by atoms with van der Waals surface area (Å²) >= 11 is 5.87. The standard InChI is InChI=1S/C12H20ClN5/c1-7-6-9(4-5-18(7)3)16-11-10(14)8(2)15-12(13)17-11/h7,9H,4-6,14H2,1-3H3,(H,15,16,17). The van der Waals surface area contributed by atoms with Gasteiger partial charge in [0.15, 0.2) is 5.82 Å². The van der Waals surface area contributed by atoms with Crippen molar-refractivity contribution >= 4 is 23.1 Å². The second-order valence-electron chi connectivity index (χ2n) is 5.04. The minimum Gasteiger partial charge on any atom is -0.394 e. The van der Waals surface area contributed by atoms with E-state index in [-0.39, 0.29) is 5.28 Å². The average molecular weight is 270 g/mol. The van der Waals surface area contributed by atoms with Crippen molar-refractivity contribution in [3.8, 4) is 0 Å². The number of aryl methyl sites for hydroxylation is 1. The number of halogens is 1. The summed E-state index contributed by atoms with van der Waals surface area (Å²) in [6.07, 6.45) is 2.16. The average Bonchev–Trinajstić information content (AvgIpc) is 2.30. The van der Waals surface area contributed by atoms with E-state index in [0.717, 1.165) is 25.1 Å². The molecule has 1 aromatic heterocycles. The molecule has 1 saturated heterocycles. The van der Waals surface area contributed by atoms with Gasteiger partial charge in [-0.05, 0) is 45.3 Å². The van der Waals surface area contributed by atoms with Crippen molar-refractivity contribution in [2.45, 2.75) is 38.8 Å².